The highest BCUT2D eigenvalue weighted by molar-refractivity contribution is 6.35. The first kappa shape index (κ1) is 23.5. The standard InChI is InChI=1S/C25H22Cl2O5/c1-29-19-8-9-20(24(14-19)30-2)22(28)10-4-16-5-11-23(25(12-16)31-3)32-15-17-6-7-18(26)13-21(17)27/h4-14H,15H2,1-3H3. The fourth-order valence-electron chi connectivity index (χ4n) is 2.97. The van der Waals surface area contributed by atoms with E-state index in [1.54, 1.807) is 62.8 Å². The van der Waals surface area contributed by atoms with E-state index in [0.29, 0.717) is 38.6 Å². The number of benzene rings is 3. The van der Waals surface area contributed by atoms with Gasteiger partial charge in [0.25, 0.3) is 0 Å². The number of ketones is 1. The molecule has 0 aliphatic rings. The molecule has 0 aliphatic heterocycles. The average Bonchev–Trinajstić information content (AvgIpc) is 2.81. The zero-order valence-corrected chi connectivity index (χ0v) is 19.4. The number of allylic oxidation sites excluding steroid dienone is 1. The first-order valence-electron chi connectivity index (χ1n) is 9.64. The maximum absolute atomic E-state index is 12.6. The van der Waals surface area contributed by atoms with Crippen molar-refractivity contribution in [3.63, 3.8) is 0 Å². The van der Waals surface area contributed by atoms with Crippen molar-refractivity contribution in [2.45, 2.75) is 6.61 Å². The van der Waals surface area contributed by atoms with Crippen molar-refractivity contribution >= 4 is 35.1 Å². The Morgan fingerprint density at radius 1 is 0.844 bits per heavy atom. The number of carbonyl (C=O) groups excluding carboxylic acids is 1. The van der Waals surface area contributed by atoms with E-state index in [1.165, 1.54) is 13.2 Å². The van der Waals surface area contributed by atoms with Crippen LogP contribution in [0.3, 0.4) is 0 Å². The molecule has 0 fully saturated rings. The molecule has 32 heavy (non-hydrogen) atoms. The first-order chi connectivity index (χ1) is 15.4. The van der Waals surface area contributed by atoms with Crippen LogP contribution < -0.4 is 18.9 Å². The molecular formula is C25H22Cl2O5. The highest BCUT2D eigenvalue weighted by Crippen LogP contribution is 2.31. The third kappa shape index (κ3) is 5.75. The summed E-state index contributed by atoms with van der Waals surface area (Å²) in [5.74, 6) is 1.95. The van der Waals surface area contributed by atoms with E-state index in [4.69, 9.17) is 42.1 Å². The summed E-state index contributed by atoms with van der Waals surface area (Å²) in [5, 5.41) is 1.10. The van der Waals surface area contributed by atoms with Crippen LogP contribution in [0.2, 0.25) is 10.0 Å². The quantitative estimate of drug-likeness (QED) is 0.263. The summed E-state index contributed by atoms with van der Waals surface area (Å²) in [6.45, 7) is 0.261. The van der Waals surface area contributed by atoms with Gasteiger partial charge >= 0.3 is 0 Å². The molecule has 5 nitrogen and oxygen atoms in total. The molecule has 3 aromatic carbocycles. The molecule has 0 unspecified atom stereocenters. The lowest BCUT2D eigenvalue weighted by Crippen LogP contribution is -2.00. The Labute approximate surface area is 197 Å². The van der Waals surface area contributed by atoms with E-state index in [9.17, 15) is 4.79 Å². The maximum atomic E-state index is 12.6. The second-order valence-corrected chi connectivity index (χ2v) is 7.54. The summed E-state index contributed by atoms with van der Waals surface area (Å²) in [7, 11) is 4.62. The van der Waals surface area contributed by atoms with Crippen molar-refractivity contribution in [3.05, 3.63) is 87.4 Å². The molecule has 0 amide bonds. The molecule has 0 spiro atoms. The van der Waals surface area contributed by atoms with Crippen molar-refractivity contribution in [2.24, 2.45) is 0 Å². The SMILES string of the molecule is COc1ccc(C(=O)C=Cc2ccc(OCc3ccc(Cl)cc3Cl)c(OC)c2)c(OC)c1. The fourth-order valence-corrected chi connectivity index (χ4v) is 3.43. The third-order valence-corrected chi connectivity index (χ3v) is 5.27. The smallest absolute Gasteiger partial charge is 0.189 e. The molecule has 0 bridgehead atoms. The Bertz CT molecular complexity index is 1140. The Morgan fingerprint density at radius 2 is 1.62 bits per heavy atom. The maximum Gasteiger partial charge on any atom is 0.189 e. The molecule has 0 saturated heterocycles. The molecule has 166 valence electrons. The summed E-state index contributed by atoms with van der Waals surface area (Å²) < 4.78 is 21.8. The van der Waals surface area contributed by atoms with E-state index in [-0.39, 0.29) is 12.4 Å². The minimum absolute atomic E-state index is 0.193. The topological polar surface area (TPSA) is 54.0 Å². The van der Waals surface area contributed by atoms with Crippen LogP contribution >= 0.6 is 23.2 Å². The zero-order chi connectivity index (χ0) is 23.1. The van der Waals surface area contributed by atoms with Gasteiger partial charge in [0.05, 0.1) is 26.9 Å². The van der Waals surface area contributed by atoms with Crippen LogP contribution in [0.4, 0.5) is 0 Å². The van der Waals surface area contributed by atoms with E-state index < -0.39 is 0 Å². The predicted octanol–water partition coefficient (Wildman–Crippen LogP) is 6.49. The van der Waals surface area contributed by atoms with Crippen molar-refractivity contribution < 1.29 is 23.7 Å². The van der Waals surface area contributed by atoms with Crippen LogP contribution in [-0.4, -0.2) is 27.1 Å². The molecule has 0 radical (unpaired) electrons. The largest absolute Gasteiger partial charge is 0.497 e. The van der Waals surface area contributed by atoms with Crippen molar-refractivity contribution in [3.8, 4) is 23.0 Å². The van der Waals surface area contributed by atoms with Gasteiger partial charge in [-0.25, -0.2) is 0 Å². The molecule has 0 aliphatic carbocycles. The number of carbonyl (C=O) groups is 1. The van der Waals surface area contributed by atoms with E-state index >= 15 is 0 Å². The number of ether oxygens (including phenoxy) is 4. The zero-order valence-electron chi connectivity index (χ0n) is 17.9. The van der Waals surface area contributed by atoms with Crippen LogP contribution in [0.15, 0.2) is 60.7 Å². The number of methoxy groups -OCH3 is 3. The summed E-state index contributed by atoms with van der Waals surface area (Å²) in [4.78, 5) is 12.6. The average molecular weight is 473 g/mol. The fraction of sp³-hybridized carbons (Fsp3) is 0.160. The van der Waals surface area contributed by atoms with Gasteiger partial charge in [0.15, 0.2) is 17.3 Å². The monoisotopic (exact) mass is 472 g/mol. The lowest BCUT2D eigenvalue weighted by atomic mass is 10.1. The van der Waals surface area contributed by atoms with E-state index in [0.717, 1.165) is 11.1 Å². The summed E-state index contributed by atoms with van der Waals surface area (Å²) in [6, 6.07) is 15.7. The van der Waals surface area contributed by atoms with Gasteiger partial charge < -0.3 is 18.9 Å². The van der Waals surface area contributed by atoms with Crippen LogP contribution in [0.5, 0.6) is 23.0 Å². The second kappa shape index (κ2) is 10.9. The minimum Gasteiger partial charge on any atom is -0.497 e. The lowest BCUT2D eigenvalue weighted by Gasteiger charge is -2.12. The minimum atomic E-state index is -0.193. The van der Waals surface area contributed by atoms with Gasteiger partial charge in [-0.15, -0.1) is 0 Å². The van der Waals surface area contributed by atoms with Gasteiger partial charge in [0, 0.05) is 21.7 Å². The van der Waals surface area contributed by atoms with Gasteiger partial charge in [0.2, 0.25) is 0 Å². The van der Waals surface area contributed by atoms with Crippen molar-refractivity contribution in [2.75, 3.05) is 21.3 Å². The summed E-state index contributed by atoms with van der Waals surface area (Å²) in [5.41, 5.74) is 2.02. The highest BCUT2D eigenvalue weighted by atomic mass is 35.5. The molecule has 0 N–H and O–H groups in total. The van der Waals surface area contributed by atoms with Crippen molar-refractivity contribution in [1.29, 1.82) is 0 Å². The van der Waals surface area contributed by atoms with Crippen LogP contribution in [0, 0.1) is 0 Å². The van der Waals surface area contributed by atoms with Crippen LogP contribution in [0.25, 0.3) is 6.08 Å². The molecule has 0 heterocycles. The number of halogens is 2. The summed E-state index contributed by atoms with van der Waals surface area (Å²) in [6.07, 6.45) is 3.18. The summed E-state index contributed by atoms with van der Waals surface area (Å²) >= 11 is 12.1. The van der Waals surface area contributed by atoms with Gasteiger partial charge in [0.1, 0.15) is 18.1 Å². The predicted molar refractivity (Wildman–Crippen MR) is 127 cm³/mol. The number of hydrogen-bond acceptors (Lipinski definition) is 5. The van der Waals surface area contributed by atoms with Gasteiger partial charge in [-0.1, -0.05) is 41.4 Å². The van der Waals surface area contributed by atoms with Crippen LogP contribution in [-0.2, 0) is 6.61 Å². The molecule has 0 aromatic heterocycles. The Balaban J connectivity index is 1.74. The molecule has 3 rings (SSSR count). The number of hydrogen-bond donors (Lipinski definition) is 0. The molecule has 0 saturated carbocycles. The Kier molecular flexibility index (Phi) is 8.03. The number of rotatable bonds is 9. The van der Waals surface area contributed by atoms with Crippen molar-refractivity contribution in [1.82, 2.24) is 0 Å². The Hall–Kier alpha value is -3.15. The molecule has 0 atom stereocenters. The molecular weight excluding hydrogens is 451 g/mol. The van der Waals surface area contributed by atoms with Gasteiger partial charge in [-0.3, -0.25) is 4.79 Å². The Morgan fingerprint density at radius 3 is 2.31 bits per heavy atom. The van der Waals surface area contributed by atoms with Gasteiger partial charge in [-0.05, 0) is 48.0 Å². The van der Waals surface area contributed by atoms with E-state index in [1.807, 2.05) is 12.1 Å². The lowest BCUT2D eigenvalue weighted by molar-refractivity contribution is 0.104. The van der Waals surface area contributed by atoms with Gasteiger partial charge in [-0.2, -0.15) is 0 Å². The highest BCUT2D eigenvalue weighted by Gasteiger charge is 2.12. The van der Waals surface area contributed by atoms with Crippen LogP contribution in [0.1, 0.15) is 21.5 Å². The third-order valence-electron chi connectivity index (χ3n) is 4.69. The first-order valence-corrected chi connectivity index (χ1v) is 10.4. The molecule has 3 aromatic rings. The molecule has 7 heteroatoms. The second-order valence-electron chi connectivity index (χ2n) is 6.70. The normalized spacial score (nSPS) is 10.8. The van der Waals surface area contributed by atoms with E-state index in [2.05, 4.69) is 0 Å².